The second kappa shape index (κ2) is 8.18. The van der Waals surface area contributed by atoms with E-state index in [1.54, 1.807) is 13.1 Å². The molecule has 0 aliphatic carbocycles. The predicted octanol–water partition coefficient (Wildman–Crippen LogP) is 4.38. The maximum Gasteiger partial charge on any atom is 0.573 e. The average Bonchev–Trinajstić information content (AvgIpc) is 3.12. The molecule has 1 aliphatic heterocycles. The molecule has 1 amide bonds. The summed E-state index contributed by atoms with van der Waals surface area (Å²) in [6.45, 7) is 5.48. The number of fused-ring (bicyclic) bond motifs is 1. The molecule has 0 atom stereocenters. The molecule has 2 N–H and O–H groups in total. The van der Waals surface area contributed by atoms with Gasteiger partial charge in [0.05, 0.1) is 0 Å². The summed E-state index contributed by atoms with van der Waals surface area (Å²) in [5, 5.41) is 12.3. The van der Waals surface area contributed by atoms with Crippen molar-refractivity contribution in [2.45, 2.75) is 51.7 Å². The van der Waals surface area contributed by atoms with Crippen LogP contribution < -0.4 is 10.1 Å². The summed E-state index contributed by atoms with van der Waals surface area (Å²) >= 11 is 0. The minimum atomic E-state index is -4.86. The monoisotopic (exact) mass is 422 g/mol. The van der Waals surface area contributed by atoms with E-state index in [4.69, 9.17) is 0 Å². The molecule has 1 aliphatic rings. The number of aromatic hydroxyl groups is 1. The van der Waals surface area contributed by atoms with Crippen molar-refractivity contribution in [2.24, 2.45) is 0 Å². The van der Waals surface area contributed by atoms with Gasteiger partial charge < -0.3 is 15.2 Å². The zero-order valence-corrected chi connectivity index (χ0v) is 17.1. The number of nitrogens with one attached hydrogen (secondary N) is 1. The van der Waals surface area contributed by atoms with Gasteiger partial charge in [0.15, 0.2) is 11.5 Å². The summed E-state index contributed by atoms with van der Waals surface area (Å²) in [4.78, 5) is 14.4. The molecule has 162 valence electrons. The number of nitrogens with zero attached hydrogens (tertiary/aromatic N) is 1. The molecule has 1 heterocycles. The third-order valence-corrected chi connectivity index (χ3v) is 5.59. The van der Waals surface area contributed by atoms with E-state index in [1.165, 1.54) is 12.1 Å². The van der Waals surface area contributed by atoms with E-state index in [-0.39, 0.29) is 11.4 Å². The Bertz CT molecular complexity index is 942. The normalized spacial score (nSPS) is 14.5. The first-order chi connectivity index (χ1) is 14.0. The number of hydrogen-bond donors (Lipinski definition) is 2. The molecule has 2 aromatic carbocycles. The van der Waals surface area contributed by atoms with Gasteiger partial charge in [-0.25, -0.2) is 0 Å². The molecule has 30 heavy (non-hydrogen) atoms. The van der Waals surface area contributed by atoms with Gasteiger partial charge >= 0.3 is 6.36 Å². The van der Waals surface area contributed by atoms with Gasteiger partial charge in [0.25, 0.3) is 5.91 Å². The van der Waals surface area contributed by atoms with Gasteiger partial charge in [-0.1, -0.05) is 18.2 Å². The molecule has 0 aromatic heterocycles. The van der Waals surface area contributed by atoms with Crippen LogP contribution in [0.5, 0.6) is 11.5 Å². The average molecular weight is 422 g/mol. The quantitative estimate of drug-likeness (QED) is 0.726. The van der Waals surface area contributed by atoms with Crippen molar-refractivity contribution < 1.29 is 27.8 Å². The Morgan fingerprint density at radius 1 is 1.20 bits per heavy atom. The number of phenols is 1. The highest BCUT2D eigenvalue weighted by Gasteiger charge is 2.34. The Kier molecular flexibility index (Phi) is 5.99. The van der Waals surface area contributed by atoms with Crippen molar-refractivity contribution in [1.82, 2.24) is 10.2 Å². The summed E-state index contributed by atoms with van der Waals surface area (Å²) in [7, 11) is 1.60. The van der Waals surface area contributed by atoms with Crippen LogP contribution in [0.2, 0.25) is 0 Å². The van der Waals surface area contributed by atoms with Gasteiger partial charge in [0, 0.05) is 31.2 Å². The van der Waals surface area contributed by atoms with E-state index < -0.39 is 17.9 Å². The van der Waals surface area contributed by atoms with Gasteiger partial charge in [-0.05, 0) is 61.6 Å². The number of rotatable bonds is 6. The summed E-state index contributed by atoms with van der Waals surface area (Å²) in [5.41, 5.74) is 3.16. The van der Waals surface area contributed by atoms with Crippen LogP contribution in [0.1, 0.15) is 47.3 Å². The molecule has 0 unspecified atom stereocenters. The fourth-order valence-electron chi connectivity index (χ4n) is 3.73. The Morgan fingerprint density at radius 2 is 1.93 bits per heavy atom. The second-order valence-electron chi connectivity index (χ2n) is 8.04. The number of hydrogen-bond acceptors (Lipinski definition) is 4. The van der Waals surface area contributed by atoms with Crippen LogP contribution in [0.25, 0.3) is 0 Å². The first-order valence-corrected chi connectivity index (χ1v) is 9.66. The van der Waals surface area contributed by atoms with E-state index >= 15 is 0 Å². The molecule has 3 rings (SSSR count). The number of ether oxygens (including phenoxy) is 1. The number of carbonyl (C=O) groups is 1. The summed E-state index contributed by atoms with van der Waals surface area (Å²) in [5.74, 6) is -1.26. The number of phenolic OH excluding ortho intramolecular Hbond substituents is 1. The fourth-order valence-corrected chi connectivity index (χ4v) is 3.73. The zero-order valence-electron chi connectivity index (χ0n) is 17.1. The van der Waals surface area contributed by atoms with E-state index in [0.29, 0.717) is 37.1 Å². The van der Waals surface area contributed by atoms with Crippen LogP contribution in [0.15, 0.2) is 36.4 Å². The first kappa shape index (κ1) is 22.0. The van der Waals surface area contributed by atoms with Crippen molar-refractivity contribution in [3.05, 3.63) is 58.7 Å². The molecule has 0 spiro atoms. The summed E-state index contributed by atoms with van der Waals surface area (Å²) < 4.78 is 41.4. The van der Waals surface area contributed by atoms with Crippen LogP contribution in [0.3, 0.4) is 0 Å². The van der Waals surface area contributed by atoms with E-state index in [1.807, 2.05) is 18.2 Å². The lowest BCUT2D eigenvalue weighted by molar-refractivity contribution is -0.275. The lowest BCUT2D eigenvalue weighted by Crippen LogP contribution is -2.40. The smallest absolute Gasteiger partial charge is 0.504 e. The van der Waals surface area contributed by atoms with Gasteiger partial charge in [0.2, 0.25) is 0 Å². The number of alkyl halides is 3. The van der Waals surface area contributed by atoms with Crippen LogP contribution in [0.4, 0.5) is 13.2 Å². The lowest BCUT2D eigenvalue weighted by Gasteiger charge is -2.35. The highest BCUT2D eigenvalue weighted by Crippen LogP contribution is 2.35. The maximum absolute atomic E-state index is 12.5. The SMILES string of the molecule is CNC(=O)c1cccc2c1CN(C(C)(C)CCc1ccc(O)c(OC(F)(F)F)c1)C2. The predicted molar refractivity (Wildman–Crippen MR) is 106 cm³/mol. The Labute approximate surface area is 173 Å². The first-order valence-electron chi connectivity index (χ1n) is 9.66. The van der Waals surface area contributed by atoms with Crippen LogP contribution in [0, 0.1) is 0 Å². The second-order valence-corrected chi connectivity index (χ2v) is 8.04. The van der Waals surface area contributed by atoms with Crippen molar-refractivity contribution in [3.63, 3.8) is 0 Å². The molecule has 8 heteroatoms. The minimum Gasteiger partial charge on any atom is -0.504 e. The number of halogens is 3. The minimum absolute atomic E-state index is 0.118. The van der Waals surface area contributed by atoms with Gasteiger partial charge in [-0.15, -0.1) is 13.2 Å². The molecule has 0 radical (unpaired) electrons. The van der Waals surface area contributed by atoms with Gasteiger partial charge in [-0.2, -0.15) is 0 Å². The highest BCUT2D eigenvalue weighted by molar-refractivity contribution is 5.95. The molecular weight excluding hydrogens is 397 g/mol. The molecule has 2 aromatic rings. The third-order valence-electron chi connectivity index (χ3n) is 5.59. The summed E-state index contributed by atoms with van der Waals surface area (Å²) in [6, 6.07) is 9.73. The van der Waals surface area contributed by atoms with Crippen molar-refractivity contribution in [2.75, 3.05) is 7.05 Å². The van der Waals surface area contributed by atoms with Crippen molar-refractivity contribution >= 4 is 5.91 Å². The fraction of sp³-hybridized carbons (Fsp3) is 0.409. The molecule has 0 saturated carbocycles. The number of carbonyl (C=O) groups excluding carboxylic acids is 1. The maximum atomic E-state index is 12.5. The van der Waals surface area contributed by atoms with Crippen LogP contribution >= 0.6 is 0 Å². The van der Waals surface area contributed by atoms with Crippen LogP contribution in [-0.4, -0.2) is 34.9 Å². The molecule has 0 saturated heterocycles. The third kappa shape index (κ3) is 4.87. The van der Waals surface area contributed by atoms with E-state index in [2.05, 4.69) is 28.8 Å². The zero-order chi connectivity index (χ0) is 22.1. The molecular formula is C22H25F3N2O3. The number of aryl methyl sites for hydroxylation is 1. The van der Waals surface area contributed by atoms with Crippen molar-refractivity contribution in [3.8, 4) is 11.5 Å². The molecule has 0 fully saturated rings. The highest BCUT2D eigenvalue weighted by atomic mass is 19.4. The van der Waals surface area contributed by atoms with E-state index in [9.17, 15) is 23.1 Å². The van der Waals surface area contributed by atoms with Gasteiger partial charge in [0.1, 0.15) is 0 Å². The Hall–Kier alpha value is -2.74. The van der Waals surface area contributed by atoms with E-state index in [0.717, 1.165) is 11.1 Å². The Balaban J connectivity index is 1.71. The molecule has 5 nitrogen and oxygen atoms in total. The lowest BCUT2D eigenvalue weighted by atomic mass is 9.93. The molecule has 0 bridgehead atoms. The largest absolute Gasteiger partial charge is 0.573 e. The standard InChI is InChI=1S/C22H25F3N2O3/c1-21(2,10-9-14-7-8-18(28)19(11-14)30-22(23,24)25)27-12-15-5-4-6-16(17(15)13-27)20(29)26-3/h4-8,11,28H,9-10,12-13H2,1-3H3,(H,26,29). The van der Waals surface area contributed by atoms with Gasteiger partial charge in [-0.3, -0.25) is 9.69 Å². The topological polar surface area (TPSA) is 61.8 Å². The number of benzene rings is 2. The summed E-state index contributed by atoms with van der Waals surface area (Å²) in [6.07, 6.45) is -3.68. The number of amides is 1. The van der Waals surface area contributed by atoms with Crippen LogP contribution in [-0.2, 0) is 19.5 Å². The Morgan fingerprint density at radius 3 is 2.60 bits per heavy atom. The van der Waals surface area contributed by atoms with Crippen molar-refractivity contribution in [1.29, 1.82) is 0 Å².